The van der Waals surface area contributed by atoms with E-state index in [1.807, 2.05) is 39.0 Å². The number of Topliss-reactive ketones (excluding diaryl/α,β-unsaturated/α-hetero) is 1. The molecule has 0 fully saturated rings. The lowest BCUT2D eigenvalue weighted by Crippen LogP contribution is -2.47. The van der Waals surface area contributed by atoms with Crippen LogP contribution in [0, 0.1) is 5.92 Å². The number of carbonyl (C=O) groups is 2. The van der Waals surface area contributed by atoms with Crippen molar-refractivity contribution in [1.29, 1.82) is 0 Å². The summed E-state index contributed by atoms with van der Waals surface area (Å²) in [6, 6.07) is 8.63. The summed E-state index contributed by atoms with van der Waals surface area (Å²) in [6.45, 7) is 8.03. The quantitative estimate of drug-likeness (QED) is 0.604. The van der Waals surface area contributed by atoms with Crippen molar-refractivity contribution in [2.45, 2.75) is 58.5 Å². The molecule has 0 aliphatic rings. The molecule has 0 bridgehead atoms. The topological polar surface area (TPSA) is 76.9 Å². The molecule has 0 spiro atoms. The van der Waals surface area contributed by atoms with Gasteiger partial charge in [0.2, 0.25) is 0 Å². The highest BCUT2D eigenvalue weighted by Gasteiger charge is 2.36. The van der Waals surface area contributed by atoms with E-state index in [0.717, 1.165) is 12.8 Å². The molecular weight excluding hydrogens is 376 g/mol. The maximum Gasteiger partial charge on any atom is 0.252 e. The normalized spacial score (nSPS) is 14.5. The molecule has 0 radical (unpaired) electrons. The van der Waals surface area contributed by atoms with Gasteiger partial charge >= 0.3 is 0 Å². The molecule has 1 amide bonds. The molecule has 1 aromatic heterocycles. The Morgan fingerprint density at radius 3 is 2.50 bits per heavy atom. The number of rotatable bonds is 10. The van der Waals surface area contributed by atoms with Crippen LogP contribution >= 0.6 is 11.6 Å². The maximum atomic E-state index is 12.7. The van der Waals surface area contributed by atoms with Crippen LogP contribution in [-0.2, 0) is 10.3 Å². The van der Waals surface area contributed by atoms with Crippen LogP contribution in [0.25, 0.3) is 0 Å². The lowest BCUT2D eigenvalue weighted by molar-refractivity contribution is -0.120. The van der Waals surface area contributed by atoms with E-state index in [9.17, 15) is 9.59 Å². The fourth-order valence-corrected chi connectivity index (χ4v) is 3.17. The van der Waals surface area contributed by atoms with Gasteiger partial charge in [0, 0.05) is 5.56 Å². The van der Waals surface area contributed by atoms with E-state index in [0.29, 0.717) is 17.7 Å². The molecule has 1 N–H and O–H groups in total. The minimum Gasteiger partial charge on any atom is -0.341 e. The summed E-state index contributed by atoms with van der Waals surface area (Å²) in [4.78, 5) is 25.0. The highest BCUT2D eigenvalue weighted by molar-refractivity contribution is 6.28. The van der Waals surface area contributed by atoms with Crippen molar-refractivity contribution in [3.63, 3.8) is 0 Å². The van der Waals surface area contributed by atoms with Crippen LogP contribution in [0.2, 0.25) is 0 Å². The van der Waals surface area contributed by atoms with E-state index in [1.165, 1.54) is 0 Å². The largest absolute Gasteiger partial charge is 0.341 e. The SMILES string of the molecule is CCCCC(C(=O)CCl)n1cc(C(C)(NC(=O)c2ccccc2)C(C)C)nn1. The number of nitrogens with one attached hydrogen (secondary N) is 1. The Labute approximate surface area is 171 Å². The summed E-state index contributed by atoms with van der Waals surface area (Å²) in [6.07, 6.45) is 4.30. The molecule has 2 rings (SSSR count). The molecule has 2 atom stereocenters. The third-order valence-corrected chi connectivity index (χ3v) is 5.52. The number of amides is 1. The van der Waals surface area contributed by atoms with E-state index in [1.54, 1.807) is 23.0 Å². The molecule has 2 unspecified atom stereocenters. The lowest BCUT2D eigenvalue weighted by atomic mass is 9.85. The number of hydrogen-bond acceptors (Lipinski definition) is 4. The summed E-state index contributed by atoms with van der Waals surface area (Å²) < 4.78 is 1.59. The number of halogens is 1. The average molecular weight is 405 g/mol. The van der Waals surface area contributed by atoms with Crippen LogP contribution in [0.3, 0.4) is 0 Å². The average Bonchev–Trinajstić information content (AvgIpc) is 3.19. The number of alkyl halides is 1. The van der Waals surface area contributed by atoms with Crippen molar-refractivity contribution >= 4 is 23.3 Å². The Morgan fingerprint density at radius 2 is 1.93 bits per heavy atom. The Morgan fingerprint density at radius 1 is 1.25 bits per heavy atom. The van der Waals surface area contributed by atoms with Crippen molar-refractivity contribution in [3.05, 3.63) is 47.8 Å². The zero-order valence-electron chi connectivity index (χ0n) is 17.0. The van der Waals surface area contributed by atoms with Crippen molar-refractivity contribution in [2.75, 3.05) is 5.88 Å². The minimum atomic E-state index is -0.732. The van der Waals surface area contributed by atoms with Crippen LogP contribution in [0.1, 0.15) is 69.1 Å². The maximum absolute atomic E-state index is 12.7. The number of aromatic nitrogens is 3. The number of ketones is 1. The van der Waals surface area contributed by atoms with Gasteiger partial charge < -0.3 is 5.32 Å². The van der Waals surface area contributed by atoms with Crippen LogP contribution in [-0.4, -0.2) is 32.6 Å². The van der Waals surface area contributed by atoms with Crippen LogP contribution < -0.4 is 5.32 Å². The number of carbonyl (C=O) groups excluding carboxylic acids is 2. The molecule has 0 aliphatic heterocycles. The molecule has 0 saturated carbocycles. The molecular formula is C21H29ClN4O2. The van der Waals surface area contributed by atoms with E-state index >= 15 is 0 Å². The molecule has 6 nitrogen and oxygen atoms in total. The van der Waals surface area contributed by atoms with Crippen LogP contribution in [0.5, 0.6) is 0 Å². The van der Waals surface area contributed by atoms with E-state index in [4.69, 9.17) is 11.6 Å². The van der Waals surface area contributed by atoms with Gasteiger partial charge in [-0.2, -0.15) is 0 Å². The second-order valence-electron chi connectivity index (χ2n) is 7.52. The highest BCUT2D eigenvalue weighted by Crippen LogP contribution is 2.29. The highest BCUT2D eigenvalue weighted by atomic mass is 35.5. The smallest absolute Gasteiger partial charge is 0.252 e. The number of unbranched alkanes of at least 4 members (excludes halogenated alkanes) is 1. The van der Waals surface area contributed by atoms with Crippen molar-refractivity contribution in [1.82, 2.24) is 20.3 Å². The molecule has 0 aliphatic carbocycles. The van der Waals surface area contributed by atoms with Crippen molar-refractivity contribution in [3.8, 4) is 0 Å². The van der Waals surface area contributed by atoms with E-state index in [2.05, 4.69) is 22.6 Å². The summed E-state index contributed by atoms with van der Waals surface area (Å²) in [7, 11) is 0. The molecule has 2 aromatic rings. The molecule has 1 heterocycles. The first-order valence-electron chi connectivity index (χ1n) is 9.72. The fourth-order valence-electron chi connectivity index (χ4n) is 3.00. The zero-order chi connectivity index (χ0) is 20.7. The Hall–Kier alpha value is -2.21. The Bertz CT molecular complexity index is 791. The summed E-state index contributed by atoms with van der Waals surface area (Å²) in [5, 5.41) is 11.6. The van der Waals surface area contributed by atoms with Gasteiger partial charge in [0.05, 0.1) is 17.6 Å². The summed E-state index contributed by atoms with van der Waals surface area (Å²) in [5.74, 6) is -0.254. The first-order valence-corrected chi connectivity index (χ1v) is 10.3. The lowest BCUT2D eigenvalue weighted by Gasteiger charge is -2.33. The van der Waals surface area contributed by atoms with Gasteiger partial charge in [-0.25, -0.2) is 4.68 Å². The second-order valence-corrected chi connectivity index (χ2v) is 7.79. The Kier molecular flexibility index (Phi) is 7.75. The minimum absolute atomic E-state index is 0.0585. The van der Waals surface area contributed by atoms with Gasteiger partial charge in [-0.15, -0.1) is 16.7 Å². The van der Waals surface area contributed by atoms with Crippen molar-refractivity contribution < 1.29 is 9.59 Å². The molecule has 0 saturated heterocycles. The van der Waals surface area contributed by atoms with Gasteiger partial charge in [-0.1, -0.05) is 57.0 Å². The monoisotopic (exact) mass is 404 g/mol. The van der Waals surface area contributed by atoms with Gasteiger partial charge in [-0.3, -0.25) is 9.59 Å². The zero-order valence-corrected chi connectivity index (χ0v) is 17.7. The number of benzene rings is 1. The number of hydrogen-bond donors (Lipinski definition) is 1. The van der Waals surface area contributed by atoms with Gasteiger partial charge in [0.15, 0.2) is 5.78 Å². The van der Waals surface area contributed by atoms with E-state index < -0.39 is 11.6 Å². The molecule has 1 aromatic carbocycles. The molecule has 7 heteroatoms. The Balaban J connectivity index is 2.31. The standard InChI is InChI=1S/C21H29ClN4O2/c1-5-6-12-17(18(27)13-22)26-14-19(24-25-26)21(4,15(2)3)23-20(28)16-10-8-7-9-11-16/h7-11,14-15,17H,5-6,12-13H2,1-4H3,(H,23,28). The second kappa shape index (κ2) is 9.82. The number of nitrogens with zero attached hydrogens (tertiary/aromatic N) is 3. The summed E-state index contributed by atoms with van der Waals surface area (Å²) in [5.41, 5.74) is 0.473. The third-order valence-electron chi connectivity index (χ3n) is 5.26. The first kappa shape index (κ1) is 22.1. The molecule has 152 valence electrons. The summed E-state index contributed by atoms with van der Waals surface area (Å²) >= 11 is 5.79. The predicted octanol–water partition coefficient (Wildman–Crippen LogP) is 4.12. The van der Waals surface area contributed by atoms with E-state index in [-0.39, 0.29) is 23.5 Å². The van der Waals surface area contributed by atoms with Crippen LogP contribution in [0.4, 0.5) is 0 Å². The van der Waals surface area contributed by atoms with Crippen molar-refractivity contribution in [2.24, 2.45) is 5.92 Å². The van der Waals surface area contributed by atoms with Gasteiger partial charge in [0.25, 0.3) is 5.91 Å². The molecule has 28 heavy (non-hydrogen) atoms. The van der Waals surface area contributed by atoms with Gasteiger partial charge in [-0.05, 0) is 31.4 Å². The van der Waals surface area contributed by atoms with Crippen LogP contribution in [0.15, 0.2) is 36.5 Å². The first-order chi connectivity index (χ1) is 13.3. The third kappa shape index (κ3) is 4.98. The van der Waals surface area contributed by atoms with Gasteiger partial charge in [0.1, 0.15) is 11.7 Å². The predicted molar refractivity (Wildman–Crippen MR) is 110 cm³/mol. The fraction of sp³-hybridized carbons (Fsp3) is 0.524.